The minimum absolute atomic E-state index is 0.502. The Balaban J connectivity index is 1.41. The summed E-state index contributed by atoms with van der Waals surface area (Å²) in [7, 11) is 1.98. The van der Waals surface area contributed by atoms with E-state index < -0.39 is 0 Å². The molecule has 0 heterocycles. The molecule has 0 aliphatic heterocycles. The summed E-state index contributed by atoms with van der Waals surface area (Å²) in [5.74, 6) is 1.22. The molecule has 0 bridgehead atoms. The van der Waals surface area contributed by atoms with Crippen LogP contribution in [0.15, 0.2) is 59.6 Å². The van der Waals surface area contributed by atoms with Crippen LogP contribution in [0.3, 0.4) is 0 Å². The molecule has 0 atom stereocenters. The molecule has 1 fully saturated rings. The number of nitrogens with two attached hydrogens (primary N) is 1. The van der Waals surface area contributed by atoms with Crippen molar-refractivity contribution in [2.75, 3.05) is 11.9 Å². The molecule has 29 heavy (non-hydrogen) atoms. The molecule has 0 radical (unpaired) electrons. The van der Waals surface area contributed by atoms with Gasteiger partial charge in [-0.2, -0.15) is 0 Å². The highest BCUT2D eigenvalue weighted by Gasteiger charge is 2.16. The van der Waals surface area contributed by atoms with Gasteiger partial charge < -0.3 is 10.6 Å². The Kier molecular flexibility index (Phi) is 4.59. The summed E-state index contributed by atoms with van der Waals surface area (Å²) >= 11 is 0. The molecule has 0 aromatic heterocycles. The summed E-state index contributed by atoms with van der Waals surface area (Å²) in [5, 5.41) is 2.41. The highest BCUT2D eigenvalue weighted by Crippen LogP contribution is 2.37. The van der Waals surface area contributed by atoms with E-state index in [0.29, 0.717) is 5.96 Å². The Morgan fingerprint density at radius 3 is 2.38 bits per heavy atom. The second-order valence-electron chi connectivity index (χ2n) is 8.23. The summed E-state index contributed by atoms with van der Waals surface area (Å²) < 4.78 is 0. The van der Waals surface area contributed by atoms with Gasteiger partial charge >= 0.3 is 0 Å². The molecular formula is C26H27N3. The fourth-order valence-electron chi connectivity index (χ4n) is 4.74. The van der Waals surface area contributed by atoms with Crippen LogP contribution in [0.5, 0.6) is 0 Å². The molecule has 2 aliphatic carbocycles. The third-order valence-corrected chi connectivity index (χ3v) is 6.46. The van der Waals surface area contributed by atoms with Gasteiger partial charge in [0, 0.05) is 18.1 Å². The van der Waals surface area contributed by atoms with Crippen molar-refractivity contribution in [1.29, 1.82) is 0 Å². The van der Waals surface area contributed by atoms with Crippen LogP contribution in [-0.4, -0.2) is 13.0 Å². The fraction of sp³-hybridized carbons (Fsp3) is 0.269. The average molecular weight is 382 g/mol. The number of hydrogen-bond donors (Lipinski definition) is 1. The van der Waals surface area contributed by atoms with Gasteiger partial charge in [0.2, 0.25) is 5.96 Å². The minimum Gasteiger partial charge on any atom is -0.369 e. The zero-order chi connectivity index (χ0) is 19.8. The lowest BCUT2D eigenvalue weighted by atomic mass is 9.84. The molecule has 3 aromatic carbocycles. The zero-order valence-corrected chi connectivity index (χ0v) is 16.9. The molecule has 0 amide bonds. The SMILES string of the molecule is CN(C(N)=Nc1ccc2c3c(cccc13)C=C2)c1ccc(C2CCCCC2)cc1. The van der Waals surface area contributed by atoms with Crippen molar-refractivity contribution < 1.29 is 0 Å². The Labute approximate surface area is 172 Å². The number of nitrogens with zero attached hydrogens (tertiary/aromatic N) is 2. The van der Waals surface area contributed by atoms with E-state index in [2.05, 4.69) is 66.7 Å². The third-order valence-electron chi connectivity index (χ3n) is 6.46. The van der Waals surface area contributed by atoms with Crippen molar-refractivity contribution in [1.82, 2.24) is 0 Å². The van der Waals surface area contributed by atoms with Crippen LogP contribution in [0.1, 0.15) is 54.7 Å². The van der Waals surface area contributed by atoms with Crippen LogP contribution >= 0.6 is 0 Å². The van der Waals surface area contributed by atoms with Gasteiger partial charge in [-0.25, -0.2) is 4.99 Å². The van der Waals surface area contributed by atoms with Crippen molar-refractivity contribution in [2.24, 2.45) is 10.7 Å². The summed E-state index contributed by atoms with van der Waals surface area (Å²) in [4.78, 5) is 6.74. The van der Waals surface area contributed by atoms with Crippen LogP contribution < -0.4 is 10.6 Å². The van der Waals surface area contributed by atoms with E-state index >= 15 is 0 Å². The van der Waals surface area contributed by atoms with Crippen molar-refractivity contribution >= 4 is 40.3 Å². The molecule has 5 rings (SSSR count). The monoisotopic (exact) mass is 381 g/mol. The van der Waals surface area contributed by atoms with Gasteiger partial charge in [-0.1, -0.05) is 67.8 Å². The number of benzene rings is 3. The Hall–Kier alpha value is -3.07. The van der Waals surface area contributed by atoms with E-state index in [1.54, 1.807) is 0 Å². The molecule has 0 unspecified atom stereocenters. The summed E-state index contributed by atoms with van der Waals surface area (Å²) in [6, 6.07) is 19.4. The van der Waals surface area contributed by atoms with Crippen molar-refractivity contribution in [3.63, 3.8) is 0 Å². The second-order valence-corrected chi connectivity index (χ2v) is 8.23. The van der Waals surface area contributed by atoms with Gasteiger partial charge in [0.15, 0.2) is 0 Å². The first-order valence-corrected chi connectivity index (χ1v) is 10.6. The predicted molar refractivity (Wildman–Crippen MR) is 125 cm³/mol. The number of aliphatic imine (C=N–C) groups is 1. The minimum atomic E-state index is 0.502. The Morgan fingerprint density at radius 1 is 0.897 bits per heavy atom. The molecule has 3 heteroatoms. The third kappa shape index (κ3) is 3.31. The molecular weight excluding hydrogens is 354 g/mol. The predicted octanol–water partition coefficient (Wildman–Crippen LogP) is 6.45. The first kappa shape index (κ1) is 18.0. The maximum absolute atomic E-state index is 6.41. The van der Waals surface area contributed by atoms with Gasteiger partial charge in [-0.3, -0.25) is 0 Å². The normalized spacial score (nSPS) is 16.5. The Bertz CT molecular complexity index is 1090. The van der Waals surface area contributed by atoms with Crippen LogP contribution in [0.25, 0.3) is 22.9 Å². The highest BCUT2D eigenvalue weighted by atomic mass is 15.2. The molecule has 2 aliphatic rings. The summed E-state index contributed by atoms with van der Waals surface area (Å²) in [6.07, 6.45) is 11.1. The first-order valence-electron chi connectivity index (χ1n) is 10.6. The Morgan fingerprint density at radius 2 is 1.62 bits per heavy atom. The standard InChI is InChI=1S/C26H27N3/c1-29(22-15-12-19(13-16-22)18-6-3-2-4-7-18)26(27)28-24-17-14-21-11-10-20-8-5-9-23(24)25(20)21/h5,8-18H,2-4,6-7H2,1H3,(H2,27,28). The zero-order valence-electron chi connectivity index (χ0n) is 16.9. The van der Waals surface area contributed by atoms with Gasteiger partial charge in [0.1, 0.15) is 0 Å². The van der Waals surface area contributed by atoms with Gasteiger partial charge in [0.25, 0.3) is 0 Å². The van der Waals surface area contributed by atoms with Crippen molar-refractivity contribution in [3.8, 4) is 0 Å². The van der Waals surface area contributed by atoms with Crippen LogP contribution in [-0.2, 0) is 0 Å². The largest absolute Gasteiger partial charge is 0.369 e. The molecule has 0 saturated heterocycles. The van der Waals surface area contributed by atoms with Crippen LogP contribution in [0.4, 0.5) is 11.4 Å². The number of guanidine groups is 1. The fourth-order valence-corrected chi connectivity index (χ4v) is 4.74. The van der Waals surface area contributed by atoms with E-state index in [1.807, 2.05) is 11.9 Å². The van der Waals surface area contributed by atoms with E-state index in [4.69, 9.17) is 10.7 Å². The van der Waals surface area contributed by atoms with Gasteiger partial charge in [-0.05, 0) is 59.0 Å². The number of rotatable bonds is 3. The molecule has 3 nitrogen and oxygen atoms in total. The molecule has 0 spiro atoms. The quantitative estimate of drug-likeness (QED) is 0.327. The van der Waals surface area contributed by atoms with Crippen LogP contribution in [0, 0.1) is 0 Å². The van der Waals surface area contributed by atoms with E-state index in [1.165, 1.54) is 54.2 Å². The summed E-state index contributed by atoms with van der Waals surface area (Å²) in [6.45, 7) is 0. The second kappa shape index (κ2) is 7.40. The number of anilines is 1. The topological polar surface area (TPSA) is 41.6 Å². The maximum atomic E-state index is 6.41. The van der Waals surface area contributed by atoms with Crippen molar-refractivity contribution in [3.05, 3.63) is 71.3 Å². The lowest BCUT2D eigenvalue weighted by Crippen LogP contribution is -2.33. The molecule has 146 valence electrons. The lowest BCUT2D eigenvalue weighted by molar-refractivity contribution is 0.443. The van der Waals surface area contributed by atoms with Crippen molar-refractivity contribution in [2.45, 2.75) is 38.0 Å². The summed E-state index contributed by atoms with van der Waals surface area (Å²) in [5.41, 5.74) is 12.3. The van der Waals surface area contributed by atoms with Gasteiger partial charge in [-0.15, -0.1) is 0 Å². The number of hydrogen-bond acceptors (Lipinski definition) is 1. The first-order chi connectivity index (χ1) is 14.2. The van der Waals surface area contributed by atoms with E-state index in [9.17, 15) is 0 Å². The van der Waals surface area contributed by atoms with E-state index in [0.717, 1.165) is 22.7 Å². The highest BCUT2D eigenvalue weighted by molar-refractivity contribution is 6.10. The molecule has 3 aromatic rings. The van der Waals surface area contributed by atoms with Crippen LogP contribution in [0.2, 0.25) is 0 Å². The van der Waals surface area contributed by atoms with E-state index in [-0.39, 0.29) is 0 Å². The maximum Gasteiger partial charge on any atom is 0.200 e. The average Bonchev–Trinajstić information content (AvgIpc) is 3.20. The molecule has 1 saturated carbocycles. The molecule has 2 N–H and O–H groups in total. The van der Waals surface area contributed by atoms with Gasteiger partial charge in [0.05, 0.1) is 5.69 Å². The smallest absolute Gasteiger partial charge is 0.200 e. The lowest BCUT2D eigenvalue weighted by Gasteiger charge is -2.23.